The topological polar surface area (TPSA) is 79.6 Å². The molecular formula is C22H15IN2O4. The number of benzene rings is 2. The Labute approximate surface area is 180 Å². The van der Waals surface area contributed by atoms with Crippen molar-refractivity contribution in [1.82, 2.24) is 5.32 Å². The summed E-state index contributed by atoms with van der Waals surface area (Å²) in [6, 6.07) is 17.3. The van der Waals surface area contributed by atoms with Crippen LogP contribution < -0.4 is 10.2 Å². The van der Waals surface area contributed by atoms with Gasteiger partial charge >= 0.3 is 6.03 Å². The van der Waals surface area contributed by atoms with Gasteiger partial charge in [0.15, 0.2) is 0 Å². The van der Waals surface area contributed by atoms with Gasteiger partial charge in [0.05, 0.1) is 5.69 Å². The number of rotatable bonds is 3. The fraction of sp³-hybridized carbons (Fsp3) is 0.0455. The Kier molecular flexibility index (Phi) is 5.06. The number of imide groups is 2. The van der Waals surface area contributed by atoms with Crippen molar-refractivity contribution in [3.8, 4) is 11.3 Å². The first-order valence-corrected chi connectivity index (χ1v) is 9.84. The molecule has 1 aromatic heterocycles. The maximum absolute atomic E-state index is 12.9. The van der Waals surface area contributed by atoms with E-state index in [9.17, 15) is 14.4 Å². The number of amides is 4. The highest BCUT2D eigenvalue weighted by Crippen LogP contribution is 2.26. The Morgan fingerprint density at radius 2 is 1.62 bits per heavy atom. The molecule has 2 aromatic carbocycles. The number of hydrogen-bond donors (Lipinski definition) is 1. The minimum atomic E-state index is -0.778. The summed E-state index contributed by atoms with van der Waals surface area (Å²) in [5.74, 6) is -0.496. The van der Waals surface area contributed by atoms with Gasteiger partial charge in [0.2, 0.25) is 0 Å². The summed E-state index contributed by atoms with van der Waals surface area (Å²) >= 11 is 2.22. The molecule has 0 radical (unpaired) electrons. The highest BCUT2D eigenvalue weighted by Gasteiger charge is 2.37. The van der Waals surface area contributed by atoms with E-state index in [-0.39, 0.29) is 5.57 Å². The molecule has 6 nitrogen and oxygen atoms in total. The van der Waals surface area contributed by atoms with Crippen LogP contribution in [0.3, 0.4) is 0 Å². The van der Waals surface area contributed by atoms with Crippen LogP contribution in [0.5, 0.6) is 0 Å². The summed E-state index contributed by atoms with van der Waals surface area (Å²) in [7, 11) is 0. The number of furan rings is 1. The second-order valence-electron chi connectivity index (χ2n) is 6.50. The largest absolute Gasteiger partial charge is 0.457 e. The molecule has 2 heterocycles. The molecule has 4 rings (SSSR count). The van der Waals surface area contributed by atoms with E-state index < -0.39 is 17.8 Å². The molecule has 0 bridgehead atoms. The Hall–Kier alpha value is -3.20. The molecule has 7 heteroatoms. The molecule has 0 spiro atoms. The number of barbiturate groups is 1. The van der Waals surface area contributed by atoms with Crippen LogP contribution in [0, 0.1) is 10.5 Å². The van der Waals surface area contributed by atoms with Crippen molar-refractivity contribution in [3.05, 3.63) is 81.1 Å². The third-order valence-corrected chi connectivity index (χ3v) is 5.16. The molecule has 1 aliphatic heterocycles. The fourth-order valence-corrected chi connectivity index (χ4v) is 3.29. The van der Waals surface area contributed by atoms with Gasteiger partial charge in [0, 0.05) is 9.13 Å². The van der Waals surface area contributed by atoms with E-state index in [0.29, 0.717) is 17.2 Å². The van der Waals surface area contributed by atoms with Gasteiger partial charge < -0.3 is 4.42 Å². The number of aryl methyl sites for hydroxylation is 1. The second-order valence-corrected chi connectivity index (χ2v) is 7.75. The zero-order valence-electron chi connectivity index (χ0n) is 15.3. The monoisotopic (exact) mass is 498 g/mol. The molecule has 4 amide bonds. The lowest BCUT2D eigenvalue weighted by Gasteiger charge is -2.26. The van der Waals surface area contributed by atoms with E-state index in [2.05, 4.69) is 27.9 Å². The van der Waals surface area contributed by atoms with E-state index in [1.54, 1.807) is 36.4 Å². The Bertz CT molecular complexity index is 1140. The molecule has 144 valence electrons. The number of carbonyl (C=O) groups is 3. The van der Waals surface area contributed by atoms with Crippen LogP contribution >= 0.6 is 22.6 Å². The normalized spacial score (nSPS) is 15.7. The van der Waals surface area contributed by atoms with Gasteiger partial charge in [0.1, 0.15) is 17.1 Å². The van der Waals surface area contributed by atoms with E-state index >= 15 is 0 Å². The van der Waals surface area contributed by atoms with Crippen LogP contribution in [0.2, 0.25) is 0 Å². The average molecular weight is 498 g/mol. The van der Waals surface area contributed by atoms with Gasteiger partial charge in [-0.1, -0.05) is 29.8 Å². The standard InChI is InChI=1S/C22H15IN2O4/c1-13-2-8-16(9-3-13)25-21(27)18(20(26)24-22(25)28)12-17-10-11-19(29-17)14-4-6-15(23)7-5-14/h2-12H,1H3,(H,24,26,28). The van der Waals surface area contributed by atoms with E-state index in [1.807, 2.05) is 31.2 Å². The summed E-state index contributed by atoms with van der Waals surface area (Å²) < 4.78 is 6.88. The van der Waals surface area contributed by atoms with Crippen LogP contribution in [0.1, 0.15) is 11.3 Å². The van der Waals surface area contributed by atoms with Gasteiger partial charge in [-0.3, -0.25) is 14.9 Å². The number of anilines is 1. The number of nitrogens with one attached hydrogen (secondary N) is 1. The number of nitrogens with zero attached hydrogens (tertiary/aromatic N) is 1. The van der Waals surface area contributed by atoms with E-state index in [1.165, 1.54) is 6.08 Å². The molecular weight excluding hydrogens is 483 g/mol. The Morgan fingerprint density at radius 1 is 0.931 bits per heavy atom. The Balaban J connectivity index is 1.66. The molecule has 0 aliphatic carbocycles. The maximum Gasteiger partial charge on any atom is 0.335 e. The van der Waals surface area contributed by atoms with Gasteiger partial charge in [0.25, 0.3) is 11.8 Å². The van der Waals surface area contributed by atoms with Crippen LogP contribution in [0.4, 0.5) is 10.5 Å². The molecule has 0 atom stereocenters. The number of carbonyl (C=O) groups excluding carboxylic acids is 3. The van der Waals surface area contributed by atoms with E-state index in [0.717, 1.165) is 19.6 Å². The van der Waals surface area contributed by atoms with Crippen molar-refractivity contribution >= 4 is 52.2 Å². The zero-order chi connectivity index (χ0) is 20.5. The number of urea groups is 1. The summed E-state index contributed by atoms with van der Waals surface area (Å²) in [5, 5.41) is 2.20. The predicted molar refractivity (Wildman–Crippen MR) is 117 cm³/mol. The summed E-state index contributed by atoms with van der Waals surface area (Å²) in [6.45, 7) is 1.90. The number of halogens is 1. The van der Waals surface area contributed by atoms with Gasteiger partial charge in [-0.15, -0.1) is 0 Å². The second kappa shape index (κ2) is 7.67. The smallest absolute Gasteiger partial charge is 0.335 e. The minimum absolute atomic E-state index is 0.173. The first-order chi connectivity index (χ1) is 13.9. The van der Waals surface area contributed by atoms with Crippen molar-refractivity contribution in [2.24, 2.45) is 0 Å². The van der Waals surface area contributed by atoms with E-state index in [4.69, 9.17) is 4.42 Å². The average Bonchev–Trinajstić information content (AvgIpc) is 3.16. The first-order valence-electron chi connectivity index (χ1n) is 8.76. The van der Waals surface area contributed by atoms with Crippen LogP contribution in [0.15, 0.2) is 70.7 Å². The molecule has 0 saturated carbocycles. The molecule has 0 unspecified atom stereocenters. The third-order valence-electron chi connectivity index (χ3n) is 4.44. The quantitative estimate of drug-likeness (QED) is 0.327. The molecule has 1 aliphatic rings. The third kappa shape index (κ3) is 3.86. The lowest BCUT2D eigenvalue weighted by atomic mass is 10.1. The summed E-state index contributed by atoms with van der Waals surface area (Å²) in [6.07, 6.45) is 1.35. The van der Waals surface area contributed by atoms with Crippen LogP contribution in [0.25, 0.3) is 17.4 Å². The molecule has 3 aromatic rings. The van der Waals surface area contributed by atoms with Crippen molar-refractivity contribution in [1.29, 1.82) is 0 Å². The summed E-state index contributed by atoms with van der Waals surface area (Å²) in [4.78, 5) is 38.3. The molecule has 1 N–H and O–H groups in total. The van der Waals surface area contributed by atoms with Crippen molar-refractivity contribution in [2.75, 3.05) is 4.90 Å². The lowest BCUT2D eigenvalue weighted by Crippen LogP contribution is -2.54. The highest BCUT2D eigenvalue weighted by molar-refractivity contribution is 14.1. The van der Waals surface area contributed by atoms with Gasteiger partial charge in [-0.05, 0) is 72.0 Å². The maximum atomic E-state index is 12.9. The molecule has 1 fully saturated rings. The SMILES string of the molecule is Cc1ccc(N2C(=O)NC(=O)C(=Cc3ccc(-c4ccc(I)cc4)o3)C2=O)cc1. The first kappa shape index (κ1) is 19.1. The zero-order valence-corrected chi connectivity index (χ0v) is 17.5. The minimum Gasteiger partial charge on any atom is -0.457 e. The van der Waals surface area contributed by atoms with Crippen molar-refractivity contribution in [3.63, 3.8) is 0 Å². The lowest BCUT2D eigenvalue weighted by molar-refractivity contribution is -0.122. The molecule has 29 heavy (non-hydrogen) atoms. The number of hydrogen-bond acceptors (Lipinski definition) is 4. The van der Waals surface area contributed by atoms with Gasteiger partial charge in [-0.25, -0.2) is 9.69 Å². The predicted octanol–water partition coefficient (Wildman–Crippen LogP) is 4.53. The van der Waals surface area contributed by atoms with Crippen molar-refractivity contribution < 1.29 is 18.8 Å². The summed E-state index contributed by atoms with van der Waals surface area (Å²) in [5.41, 5.74) is 2.08. The Morgan fingerprint density at radius 3 is 2.31 bits per heavy atom. The fourth-order valence-electron chi connectivity index (χ4n) is 2.93. The molecule has 1 saturated heterocycles. The van der Waals surface area contributed by atoms with Gasteiger partial charge in [-0.2, -0.15) is 0 Å². The highest BCUT2D eigenvalue weighted by atomic mass is 127. The van der Waals surface area contributed by atoms with Crippen molar-refractivity contribution in [2.45, 2.75) is 6.92 Å². The van der Waals surface area contributed by atoms with Crippen LogP contribution in [-0.4, -0.2) is 17.8 Å². The van der Waals surface area contributed by atoms with Crippen LogP contribution in [-0.2, 0) is 9.59 Å².